The predicted octanol–water partition coefficient (Wildman–Crippen LogP) is 2.66. The highest BCUT2D eigenvalue weighted by atomic mass is 16.2. The molecular formula is C21H20N4O2. The van der Waals surface area contributed by atoms with Gasteiger partial charge in [-0.15, -0.1) is 0 Å². The summed E-state index contributed by atoms with van der Waals surface area (Å²) in [5.74, 6) is -0.187. The molecule has 0 aliphatic carbocycles. The lowest BCUT2D eigenvalue weighted by molar-refractivity contribution is 0.0769. The fourth-order valence-electron chi connectivity index (χ4n) is 3.47. The Morgan fingerprint density at radius 3 is 2.70 bits per heavy atom. The number of amides is 2. The van der Waals surface area contributed by atoms with E-state index in [4.69, 9.17) is 0 Å². The Labute approximate surface area is 157 Å². The van der Waals surface area contributed by atoms with E-state index in [9.17, 15) is 9.59 Å². The molecule has 1 unspecified atom stereocenters. The van der Waals surface area contributed by atoms with Gasteiger partial charge in [0.1, 0.15) is 0 Å². The minimum Gasteiger partial charge on any atom is -0.345 e. The van der Waals surface area contributed by atoms with Crippen molar-refractivity contribution in [1.82, 2.24) is 20.2 Å². The first-order valence-electron chi connectivity index (χ1n) is 8.91. The van der Waals surface area contributed by atoms with Crippen LogP contribution in [-0.2, 0) is 0 Å². The summed E-state index contributed by atoms with van der Waals surface area (Å²) in [6.07, 6.45) is 5.62. The van der Waals surface area contributed by atoms with Crippen LogP contribution in [-0.4, -0.2) is 45.3 Å². The van der Waals surface area contributed by atoms with Crippen LogP contribution in [0.1, 0.15) is 34.1 Å². The average Bonchev–Trinajstić information content (AvgIpc) is 3.09. The van der Waals surface area contributed by atoms with E-state index < -0.39 is 5.54 Å². The molecule has 0 bridgehead atoms. The minimum absolute atomic E-state index is 0.0376. The second-order valence-corrected chi connectivity index (χ2v) is 7.14. The maximum atomic E-state index is 12.9. The third kappa shape index (κ3) is 3.51. The number of hydrogen-bond acceptors (Lipinski definition) is 4. The van der Waals surface area contributed by atoms with Crippen LogP contribution in [0.3, 0.4) is 0 Å². The maximum Gasteiger partial charge on any atom is 0.254 e. The summed E-state index contributed by atoms with van der Waals surface area (Å²) in [4.78, 5) is 35.4. The van der Waals surface area contributed by atoms with Gasteiger partial charge in [-0.05, 0) is 43.7 Å². The van der Waals surface area contributed by atoms with Crippen LogP contribution in [0.25, 0.3) is 10.9 Å². The van der Waals surface area contributed by atoms with E-state index in [1.165, 1.54) is 0 Å². The lowest BCUT2D eigenvalue weighted by Crippen LogP contribution is -2.48. The van der Waals surface area contributed by atoms with Crippen LogP contribution >= 0.6 is 0 Å². The molecule has 3 heterocycles. The Bertz CT molecular complexity index is 1010. The standard InChI is InChI=1S/C21H20N4O2/c1-21(24-19(26)16-6-10-22-11-7-16)8-12-25(14-21)20(27)17-5-4-15-3-2-9-23-18(15)13-17/h2-7,9-11,13H,8,12,14H2,1H3,(H,24,26). The van der Waals surface area contributed by atoms with Crippen LogP contribution in [0.4, 0.5) is 0 Å². The number of likely N-dealkylation sites (tertiary alicyclic amines) is 1. The van der Waals surface area contributed by atoms with Crippen molar-refractivity contribution in [3.63, 3.8) is 0 Å². The van der Waals surface area contributed by atoms with E-state index in [-0.39, 0.29) is 11.8 Å². The van der Waals surface area contributed by atoms with Crippen LogP contribution in [0.15, 0.2) is 61.1 Å². The van der Waals surface area contributed by atoms with Crippen molar-refractivity contribution >= 4 is 22.7 Å². The molecule has 1 atom stereocenters. The fourth-order valence-corrected chi connectivity index (χ4v) is 3.47. The van der Waals surface area contributed by atoms with E-state index in [0.29, 0.717) is 30.6 Å². The van der Waals surface area contributed by atoms with Crippen LogP contribution in [0.5, 0.6) is 0 Å². The molecular weight excluding hydrogens is 340 g/mol. The Morgan fingerprint density at radius 1 is 1.07 bits per heavy atom. The van der Waals surface area contributed by atoms with E-state index >= 15 is 0 Å². The quantitative estimate of drug-likeness (QED) is 0.779. The molecule has 6 heteroatoms. The molecule has 1 saturated heterocycles. The summed E-state index contributed by atoms with van der Waals surface area (Å²) in [5, 5.41) is 4.07. The number of nitrogens with one attached hydrogen (secondary N) is 1. The lowest BCUT2D eigenvalue weighted by atomic mass is 10.0. The number of carbonyl (C=O) groups is 2. The Morgan fingerprint density at radius 2 is 1.89 bits per heavy atom. The molecule has 1 fully saturated rings. The minimum atomic E-state index is -0.453. The van der Waals surface area contributed by atoms with E-state index in [0.717, 1.165) is 10.9 Å². The molecule has 2 amide bonds. The summed E-state index contributed by atoms with van der Waals surface area (Å²) in [6.45, 7) is 3.05. The second kappa shape index (κ2) is 6.79. The molecule has 3 aromatic rings. The smallest absolute Gasteiger partial charge is 0.254 e. The lowest BCUT2D eigenvalue weighted by Gasteiger charge is -2.26. The number of pyridine rings is 2. The molecule has 1 aromatic carbocycles. The van der Waals surface area contributed by atoms with Crippen LogP contribution < -0.4 is 5.32 Å². The SMILES string of the molecule is CC1(NC(=O)c2ccncc2)CCN(C(=O)c2ccc3cccnc3c2)C1. The summed E-state index contributed by atoms with van der Waals surface area (Å²) < 4.78 is 0. The highest BCUT2D eigenvalue weighted by Gasteiger charge is 2.37. The summed E-state index contributed by atoms with van der Waals surface area (Å²) in [7, 11) is 0. The maximum absolute atomic E-state index is 12.9. The number of carbonyl (C=O) groups excluding carboxylic acids is 2. The van der Waals surface area contributed by atoms with Crippen LogP contribution in [0, 0.1) is 0 Å². The summed E-state index contributed by atoms with van der Waals surface area (Å²) >= 11 is 0. The van der Waals surface area contributed by atoms with Gasteiger partial charge < -0.3 is 10.2 Å². The van der Waals surface area contributed by atoms with Gasteiger partial charge in [-0.2, -0.15) is 0 Å². The monoisotopic (exact) mass is 360 g/mol. The van der Waals surface area contributed by atoms with Crippen LogP contribution in [0.2, 0.25) is 0 Å². The average molecular weight is 360 g/mol. The summed E-state index contributed by atoms with van der Waals surface area (Å²) in [5.41, 5.74) is 1.53. The van der Waals surface area contributed by atoms with Crippen molar-refractivity contribution in [2.24, 2.45) is 0 Å². The normalized spacial score (nSPS) is 19.2. The zero-order valence-corrected chi connectivity index (χ0v) is 15.1. The molecule has 0 radical (unpaired) electrons. The van der Waals surface area contributed by atoms with Gasteiger partial charge in [0.25, 0.3) is 11.8 Å². The molecule has 1 aliphatic rings. The molecule has 0 saturated carbocycles. The molecule has 27 heavy (non-hydrogen) atoms. The van der Waals surface area contributed by atoms with Gasteiger partial charge >= 0.3 is 0 Å². The topological polar surface area (TPSA) is 75.2 Å². The van der Waals surface area contributed by atoms with Crippen molar-refractivity contribution in [3.05, 3.63) is 72.2 Å². The van der Waals surface area contributed by atoms with E-state index in [1.807, 2.05) is 37.3 Å². The Hall–Kier alpha value is -3.28. The first-order valence-corrected chi connectivity index (χ1v) is 8.91. The molecule has 1 N–H and O–H groups in total. The van der Waals surface area contributed by atoms with Crippen molar-refractivity contribution in [2.45, 2.75) is 18.9 Å². The van der Waals surface area contributed by atoms with Gasteiger partial charge in [-0.1, -0.05) is 12.1 Å². The molecule has 1 aliphatic heterocycles. The first-order chi connectivity index (χ1) is 13.0. The molecule has 136 valence electrons. The second-order valence-electron chi connectivity index (χ2n) is 7.14. The van der Waals surface area contributed by atoms with E-state index in [2.05, 4.69) is 15.3 Å². The van der Waals surface area contributed by atoms with Crippen molar-refractivity contribution in [1.29, 1.82) is 0 Å². The molecule has 0 spiro atoms. The third-order valence-corrected chi connectivity index (χ3v) is 4.97. The van der Waals surface area contributed by atoms with Gasteiger partial charge in [0, 0.05) is 48.2 Å². The van der Waals surface area contributed by atoms with E-state index in [1.54, 1.807) is 35.6 Å². The Kier molecular flexibility index (Phi) is 4.32. The predicted molar refractivity (Wildman–Crippen MR) is 102 cm³/mol. The number of rotatable bonds is 3. The van der Waals surface area contributed by atoms with Crippen molar-refractivity contribution in [3.8, 4) is 0 Å². The van der Waals surface area contributed by atoms with Crippen molar-refractivity contribution < 1.29 is 9.59 Å². The van der Waals surface area contributed by atoms with Gasteiger partial charge in [-0.3, -0.25) is 19.6 Å². The summed E-state index contributed by atoms with van der Waals surface area (Å²) in [6, 6.07) is 12.8. The van der Waals surface area contributed by atoms with Gasteiger partial charge in [0.2, 0.25) is 0 Å². The first kappa shape index (κ1) is 17.1. The van der Waals surface area contributed by atoms with Gasteiger partial charge in [0.05, 0.1) is 11.1 Å². The zero-order chi connectivity index (χ0) is 18.9. The van der Waals surface area contributed by atoms with Gasteiger partial charge in [0.15, 0.2) is 0 Å². The Balaban J connectivity index is 1.47. The number of aromatic nitrogens is 2. The molecule has 6 nitrogen and oxygen atoms in total. The zero-order valence-electron chi connectivity index (χ0n) is 15.1. The third-order valence-electron chi connectivity index (χ3n) is 4.97. The number of fused-ring (bicyclic) bond motifs is 1. The fraction of sp³-hybridized carbons (Fsp3) is 0.238. The molecule has 4 rings (SSSR count). The number of benzene rings is 1. The highest BCUT2D eigenvalue weighted by molar-refractivity contribution is 5.98. The number of hydrogen-bond donors (Lipinski definition) is 1. The highest BCUT2D eigenvalue weighted by Crippen LogP contribution is 2.24. The molecule has 2 aromatic heterocycles. The van der Waals surface area contributed by atoms with Crippen molar-refractivity contribution in [2.75, 3.05) is 13.1 Å². The van der Waals surface area contributed by atoms with Gasteiger partial charge in [-0.25, -0.2) is 0 Å². The largest absolute Gasteiger partial charge is 0.345 e. The number of nitrogens with zero attached hydrogens (tertiary/aromatic N) is 3.